The zero-order valence-electron chi connectivity index (χ0n) is 17.9. The van der Waals surface area contributed by atoms with E-state index in [1.807, 2.05) is 78.9 Å². The van der Waals surface area contributed by atoms with Gasteiger partial charge in [-0.05, 0) is 35.7 Å². The Hall–Kier alpha value is -3.12. The van der Waals surface area contributed by atoms with Gasteiger partial charge in [-0.2, -0.15) is 0 Å². The van der Waals surface area contributed by atoms with Gasteiger partial charge in [-0.15, -0.1) is 24.8 Å². The Morgan fingerprint density at radius 2 is 1.52 bits per heavy atom. The van der Waals surface area contributed by atoms with Crippen molar-refractivity contribution in [2.75, 3.05) is 6.61 Å². The van der Waals surface area contributed by atoms with Crippen molar-refractivity contribution in [2.45, 2.75) is 19.1 Å². The predicted octanol–water partition coefficient (Wildman–Crippen LogP) is 5.38. The Bertz CT molecular complexity index is 1160. The van der Waals surface area contributed by atoms with Gasteiger partial charge >= 0.3 is 5.97 Å². The Kier molecular flexibility index (Phi) is 10.1. The van der Waals surface area contributed by atoms with Gasteiger partial charge in [0.05, 0.1) is 5.52 Å². The van der Waals surface area contributed by atoms with Crippen LogP contribution in [0.4, 0.5) is 0 Å². The number of aromatic nitrogens is 1. The van der Waals surface area contributed by atoms with E-state index in [2.05, 4.69) is 4.98 Å². The van der Waals surface area contributed by atoms with E-state index in [-0.39, 0.29) is 44.1 Å². The molecule has 33 heavy (non-hydrogen) atoms. The second kappa shape index (κ2) is 12.8. The molecule has 1 heterocycles. The fraction of sp³-hybridized carbons (Fsp3) is 0.154. The normalized spacial score (nSPS) is 11.1. The number of nitrogens with zero attached hydrogens (tertiary/aromatic N) is 1. The second-order valence-electron chi connectivity index (χ2n) is 7.34. The summed E-state index contributed by atoms with van der Waals surface area (Å²) < 4.78 is 11.6. The van der Waals surface area contributed by atoms with Gasteiger partial charge in [0.15, 0.2) is 0 Å². The third-order valence-electron chi connectivity index (χ3n) is 4.95. The van der Waals surface area contributed by atoms with Crippen LogP contribution in [0, 0.1) is 0 Å². The van der Waals surface area contributed by atoms with Crippen LogP contribution in [-0.2, 0) is 17.8 Å². The molecule has 0 amide bonds. The number of halogens is 2. The standard InChI is InChI=1S/C26H24N2O3.2ClH/c27-22(16-19-8-3-1-4-9-19)18-30-23-14-13-21-12-7-15-28-25(21)24(23)26(29)31-17-20-10-5-2-6-11-20;;/h1-15,22H,16-18,27H2;2*1H. The summed E-state index contributed by atoms with van der Waals surface area (Å²) in [6.45, 7) is 0.446. The summed E-state index contributed by atoms with van der Waals surface area (Å²) in [6, 6.07) is 26.8. The molecule has 5 nitrogen and oxygen atoms in total. The second-order valence-corrected chi connectivity index (χ2v) is 7.34. The maximum atomic E-state index is 13.0. The molecule has 0 aliphatic rings. The first-order valence-corrected chi connectivity index (χ1v) is 10.2. The maximum absolute atomic E-state index is 13.0. The van der Waals surface area contributed by atoms with Gasteiger partial charge in [0.1, 0.15) is 24.5 Å². The molecule has 1 atom stereocenters. The lowest BCUT2D eigenvalue weighted by atomic mass is 10.1. The van der Waals surface area contributed by atoms with Crippen molar-refractivity contribution in [3.05, 3.63) is 108 Å². The quantitative estimate of drug-likeness (QED) is 0.339. The molecule has 0 radical (unpaired) electrons. The lowest BCUT2D eigenvalue weighted by Crippen LogP contribution is -2.30. The zero-order valence-corrected chi connectivity index (χ0v) is 19.6. The highest BCUT2D eigenvalue weighted by Gasteiger charge is 2.20. The van der Waals surface area contributed by atoms with Crippen molar-refractivity contribution in [1.29, 1.82) is 0 Å². The van der Waals surface area contributed by atoms with E-state index in [1.165, 1.54) is 0 Å². The highest BCUT2D eigenvalue weighted by molar-refractivity contribution is 6.05. The molecule has 0 aliphatic heterocycles. The molecule has 0 spiro atoms. The highest BCUT2D eigenvalue weighted by atomic mass is 35.5. The molecule has 4 rings (SSSR count). The fourth-order valence-corrected chi connectivity index (χ4v) is 3.41. The van der Waals surface area contributed by atoms with E-state index in [1.54, 1.807) is 12.3 Å². The van der Waals surface area contributed by atoms with Crippen molar-refractivity contribution in [3.63, 3.8) is 0 Å². The van der Waals surface area contributed by atoms with Crippen LogP contribution in [0.15, 0.2) is 91.1 Å². The first-order valence-electron chi connectivity index (χ1n) is 10.2. The molecule has 0 saturated heterocycles. The average molecular weight is 485 g/mol. The van der Waals surface area contributed by atoms with Gasteiger partial charge in [0.2, 0.25) is 0 Å². The minimum atomic E-state index is -0.472. The minimum absolute atomic E-state index is 0. The van der Waals surface area contributed by atoms with E-state index in [4.69, 9.17) is 15.2 Å². The van der Waals surface area contributed by atoms with Crippen molar-refractivity contribution >= 4 is 41.7 Å². The van der Waals surface area contributed by atoms with Gasteiger partial charge < -0.3 is 15.2 Å². The highest BCUT2D eigenvalue weighted by Crippen LogP contribution is 2.28. The van der Waals surface area contributed by atoms with Crippen LogP contribution in [-0.4, -0.2) is 23.6 Å². The summed E-state index contributed by atoms with van der Waals surface area (Å²) in [5, 5.41) is 0.843. The topological polar surface area (TPSA) is 74.4 Å². The number of esters is 1. The SMILES string of the molecule is Cl.Cl.NC(COc1ccc2cccnc2c1C(=O)OCc1ccccc1)Cc1ccccc1. The number of hydrogen-bond donors (Lipinski definition) is 1. The minimum Gasteiger partial charge on any atom is -0.491 e. The maximum Gasteiger partial charge on any atom is 0.344 e. The van der Waals surface area contributed by atoms with Crippen LogP contribution < -0.4 is 10.5 Å². The molecular formula is C26H26Cl2N2O3. The monoisotopic (exact) mass is 484 g/mol. The molecule has 0 fully saturated rings. The molecule has 0 bridgehead atoms. The van der Waals surface area contributed by atoms with Gasteiger partial charge in [-0.25, -0.2) is 4.79 Å². The Morgan fingerprint density at radius 3 is 2.21 bits per heavy atom. The summed E-state index contributed by atoms with van der Waals surface area (Å²) in [5.74, 6) is -0.0486. The smallest absolute Gasteiger partial charge is 0.344 e. The number of carbonyl (C=O) groups is 1. The van der Waals surface area contributed by atoms with Crippen LogP contribution in [0.3, 0.4) is 0 Å². The molecule has 7 heteroatoms. The van der Waals surface area contributed by atoms with Crippen molar-refractivity contribution in [1.82, 2.24) is 4.98 Å². The largest absolute Gasteiger partial charge is 0.491 e. The summed E-state index contributed by atoms with van der Waals surface area (Å²) in [5.41, 5.74) is 9.19. The van der Waals surface area contributed by atoms with E-state index in [9.17, 15) is 4.79 Å². The molecule has 1 unspecified atom stereocenters. The fourth-order valence-electron chi connectivity index (χ4n) is 3.41. The lowest BCUT2D eigenvalue weighted by Gasteiger charge is -2.16. The Labute approximate surface area is 205 Å². The van der Waals surface area contributed by atoms with Crippen LogP contribution in [0.25, 0.3) is 10.9 Å². The first kappa shape index (κ1) is 26.1. The molecule has 4 aromatic rings. The number of pyridine rings is 1. The summed E-state index contributed by atoms with van der Waals surface area (Å²) >= 11 is 0. The first-order chi connectivity index (χ1) is 15.2. The number of fused-ring (bicyclic) bond motifs is 1. The number of hydrogen-bond acceptors (Lipinski definition) is 5. The van der Waals surface area contributed by atoms with E-state index < -0.39 is 5.97 Å². The molecule has 0 aliphatic carbocycles. The molecule has 0 saturated carbocycles. The van der Waals surface area contributed by atoms with Crippen LogP contribution in [0.1, 0.15) is 21.5 Å². The van der Waals surface area contributed by atoms with Crippen molar-refractivity contribution < 1.29 is 14.3 Å². The molecule has 2 N–H and O–H groups in total. The van der Waals surface area contributed by atoms with Crippen LogP contribution >= 0.6 is 24.8 Å². The van der Waals surface area contributed by atoms with E-state index in [0.717, 1.165) is 16.5 Å². The van der Waals surface area contributed by atoms with Crippen molar-refractivity contribution in [3.8, 4) is 5.75 Å². The number of nitrogens with two attached hydrogens (primary N) is 1. The van der Waals surface area contributed by atoms with Gasteiger partial charge in [-0.3, -0.25) is 4.98 Å². The van der Waals surface area contributed by atoms with Crippen LogP contribution in [0.5, 0.6) is 5.75 Å². The zero-order chi connectivity index (χ0) is 21.5. The van der Waals surface area contributed by atoms with E-state index >= 15 is 0 Å². The number of rotatable bonds is 8. The van der Waals surface area contributed by atoms with Crippen molar-refractivity contribution in [2.24, 2.45) is 5.73 Å². The summed E-state index contributed by atoms with van der Waals surface area (Å²) in [4.78, 5) is 17.4. The summed E-state index contributed by atoms with van der Waals surface area (Å²) in [7, 11) is 0. The van der Waals surface area contributed by atoms with Gasteiger partial charge in [0, 0.05) is 17.6 Å². The third-order valence-corrected chi connectivity index (χ3v) is 4.95. The predicted molar refractivity (Wildman–Crippen MR) is 135 cm³/mol. The molecular weight excluding hydrogens is 459 g/mol. The molecule has 1 aromatic heterocycles. The van der Waals surface area contributed by atoms with Crippen LogP contribution in [0.2, 0.25) is 0 Å². The van der Waals surface area contributed by atoms with Gasteiger partial charge in [-0.1, -0.05) is 66.7 Å². The average Bonchev–Trinajstić information content (AvgIpc) is 2.82. The Balaban J connectivity index is 0.00000193. The van der Waals surface area contributed by atoms with Gasteiger partial charge in [0.25, 0.3) is 0 Å². The number of ether oxygens (including phenoxy) is 2. The summed E-state index contributed by atoms with van der Waals surface area (Å²) in [6.07, 6.45) is 2.34. The lowest BCUT2D eigenvalue weighted by molar-refractivity contribution is 0.0470. The Morgan fingerprint density at radius 1 is 0.848 bits per heavy atom. The number of benzene rings is 3. The molecule has 172 valence electrons. The van der Waals surface area contributed by atoms with E-state index in [0.29, 0.717) is 23.3 Å². The molecule has 3 aromatic carbocycles. The number of carbonyl (C=O) groups excluding carboxylic acids is 1. The third kappa shape index (κ3) is 6.93.